The van der Waals surface area contributed by atoms with E-state index in [1.54, 1.807) is 67.6 Å². The van der Waals surface area contributed by atoms with Crippen molar-refractivity contribution >= 4 is 68.4 Å². The maximum atomic E-state index is 14.4. The molecule has 2 aliphatic rings. The summed E-state index contributed by atoms with van der Waals surface area (Å²) in [6.45, 7) is 1.41. The number of halogens is 8. The van der Waals surface area contributed by atoms with Crippen LogP contribution in [0.25, 0.3) is 21.8 Å². The van der Waals surface area contributed by atoms with Crippen LogP contribution in [-0.2, 0) is 35.0 Å². The van der Waals surface area contributed by atoms with Crippen LogP contribution in [-0.4, -0.2) is 49.7 Å². The van der Waals surface area contributed by atoms with Crippen molar-refractivity contribution in [2.24, 2.45) is 0 Å². The Morgan fingerprint density at radius 2 is 0.955 bits per heavy atom. The first-order chi connectivity index (χ1) is 31.3. The predicted octanol–water partition coefficient (Wildman–Crippen LogP) is 12.0. The summed E-state index contributed by atoms with van der Waals surface area (Å²) in [7, 11) is 0. The third-order valence-corrected chi connectivity index (χ3v) is 12.6. The summed E-state index contributed by atoms with van der Waals surface area (Å²) >= 11 is 11.8. The molecule has 348 valence electrons. The molecular formula is C49H46Cl2F6N4O5. The number of phenols is 1. The number of fused-ring (bicyclic) bond motifs is 2. The van der Waals surface area contributed by atoms with Crippen molar-refractivity contribution in [2.75, 3.05) is 0 Å². The largest absolute Gasteiger partial charge is 0.508 e. The van der Waals surface area contributed by atoms with Crippen molar-refractivity contribution < 1.29 is 50.6 Å². The number of ketones is 2. The Hall–Kier alpha value is -5.80. The number of hydrogen-bond acceptors (Lipinski definition) is 5. The summed E-state index contributed by atoms with van der Waals surface area (Å²) in [5, 5.41) is 16.1. The van der Waals surface area contributed by atoms with Crippen LogP contribution >= 0.6 is 23.2 Å². The maximum Gasteiger partial charge on any atom is 0.432 e. The molecule has 6 aromatic rings. The van der Waals surface area contributed by atoms with E-state index in [1.807, 2.05) is 0 Å². The topological polar surface area (TPSA) is 122 Å². The molecule has 0 saturated heterocycles. The molecule has 0 radical (unpaired) electrons. The van der Waals surface area contributed by atoms with Gasteiger partial charge in [-0.1, -0.05) is 97.6 Å². The molecule has 17 heteroatoms. The average Bonchev–Trinajstić information content (AvgIpc) is 3.77. The number of carbonyl (C=O) groups is 4. The van der Waals surface area contributed by atoms with Gasteiger partial charge in [-0.3, -0.25) is 19.2 Å². The van der Waals surface area contributed by atoms with E-state index in [4.69, 9.17) is 23.2 Å². The molecule has 2 aromatic heterocycles. The van der Waals surface area contributed by atoms with Crippen LogP contribution in [0, 0.1) is 6.92 Å². The normalized spacial score (nSPS) is 15.0. The van der Waals surface area contributed by atoms with Gasteiger partial charge in [-0.25, -0.2) is 0 Å². The molecule has 4 aromatic carbocycles. The van der Waals surface area contributed by atoms with E-state index in [0.717, 1.165) is 66.6 Å². The monoisotopic (exact) mass is 954 g/mol. The van der Waals surface area contributed by atoms with Gasteiger partial charge < -0.3 is 24.9 Å². The highest BCUT2D eigenvalue weighted by atomic mass is 35.5. The smallest absolute Gasteiger partial charge is 0.432 e. The average molecular weight is 956 g/mol. The highest BCUT2D eigenvalue weighted by Crippen LogP contribution is 2.42. The number of nitrogens with one attached hydrogen (secondary N) is 2. The molecule has 3 N–H and O–H groups in total. The number of rotatable bonds is 10. The molecule has 2 heterocycles. The van der Waals surface area contributed by atoms with Gasteiger partial charge in [0, 0.05) is 57.0 Å². The standard InChI is InChI=1S/C25H24ClF3N2O2.C24H22ClF3N2O3/c1-15-7-12-20-19(13-15)21(22(32)24(33)30-18-5-3-2-4-6-18)23(25(27,28)29)31(20)14-16-8-10-17(26)11-9-16;25-15-8-6-14(7-9-15)13-30-19-11-10-17(31)12-18(19)20(22(30)24(26,27)28)21(32)23(33)29-16-4-2-1-3-5-16/h7-13,18H,2-6,14H2,1H3,(H,30,33);6-12,16,31H,1-5,13H2,(H,29,33). The zero-order valence-electron chi connectivity index (χ0n) is 35.7. The molecule has 2 amide bonds. The number of amides is 2. The van der Waals surface area contributed by atoms with Crippen LogP contribution < -0.4 is 10.6 Å². The lowest BCUT2D eigenvalue weighted by molar-refractivity contribution is -0.144. The molecule has 0 bridgehead atoms. The van der Waals surface area contributed by atoms with Crippen LogP contribution in [0.3, 0.4) is 0 Å². The van der Waals surface area contributed by atoms with Gasteiger partial charge in [0.05, 0.1) is 11.1 Å². The number of aromatic hydroxyl groups is 1. The van der Waals surface area contributed by atoms with Crippen molar-refractivity contribution in [3.63, 3.8) is 0 Å². The van der Waals surface area contributed by atoms with Gasteiger partial charge in [0.1, 0.15) is 17.1 Å². The highest BCUT2D eigenvalue weighted by Gasteiger charge is 2.44. The first-order valence-electron chi connectivity index (χ1n) is 21.6. The number of alkyl halides is 6. The molecule has 2 saturated carbocycles. The minimum absolute atomic E-state index is 0.0869. The van der Waals surface area contributed by atoms with Gasteiger partial charge in [-0.15, -0.1) is 0 Å². The van der Waals surface area contributed by atoms with Crippen molar-refractivity contribution in [2.45, 2.75) is 109 Å². The quantitative estimate of drug-likeness (QED) is 0.0717. The SMILES string of the molecule is Cc1ccc2c(c1)c(C(=O)C(=O)NC1CCCCC1)c(C(F)(F)F)n2Cc1ccc(Cl)cc1.O=C(NC1CCCCC1)C(=O)c1c(C(F)(F)F)n(Cc2ccc(Cl)cc2)c2ccc(O)cc12. The summed E-state index contributed by atoms with van der Waals surface area (Å²) in [6, 6.07) is 20.8. The lowest BCUT2D eigenvalue weighted by Crippen LogP contribution is -2.40. The molecule has 0 unspecified atom stereocenters. The summed E-state index contributed by atoms with van der Waals surface area (Å²) < 4.78 is 88.1. The van der Waals surface area contributed by atoms with E-state index in [2.05, 4.69) is 10.6 Å². The van der Waals surface area contributed by atoms with Crippen molar-refractivity contribution in [1.29, 1.82) is 0 Å². The van der Waals surface area contributed by atoms with Gasteiger partial charge >= 0.3 is 12.4 Å². The Morgan fingerprint density at radius 3 is 1.35 bits per heavy atom. The maximum absolute atomic E-state index is 14.4. The number of hydrogen-bond donors (Lipinski definition) is 3. The molecule has 66 heavy (non-hydrogen) atoms. The van der Waals surface area contributed by atoms with E-state index >= 15 is 0 Å². The molecule has 0 aliphatic heterocycles. The van der Waals surface area contributed by atoms with E-state index in [0.29, 0.717) is 39.6 Å². The minimum atomic E-state index is -4.92. The van der Waals surface area contributed by atoms with Crippen LogP contribution in [0.15, 0.2) is 84.9 Å². The Morgan fingerprint density at radius 1 is 0.576 bits per heavy atom. The van der Waals surface area contributed by atoms with E-state index in [9.17, 15) is 50.6 Å². The Balaban J connectivity index is 0.000000196. The number of carbonyl (C=O) groups excluding carboxylic acids is 4. The Kier molecular flexibility index (Phi) is 14.6. The zero-order chi connectivity index (χ0) is 47.5. The summed E-state index contributed by atoms with van der Waals surface area (Å²) in [5.74, 6) is -4.78. The molecule has 2 aliphatic carbocycles. The molecule has 0 atom stereocenters. The van der Waals surface area contributed by atoms with Gasteiger partial charge in [0.25, 0.3) is 23.4 Å². The predicted molar refractivity (Wildman–Crippen MR) is 240 cm³/mol. The molecule has 0 spiro atoms. The number of Topliss-reactive ketones (excluding diaryl/α,β-unsaturated/α-hetero) is 2. The lowest BCUT2D eigenvalue weighted by atomic mass is 9.95. The van der Waals surface area contributed by atoms with E-state index < -0.39 is 58.2 Å². The second-order valence-corrected chi connectivity index (χ2v) is 17.7. The summed E-state index contributed by atoms with van der Waals surface area (Å²) in [4.78, 5) is 51.8. The second kappa shape index (κ2) is 20.0. The van der Waals surface area contributed by atoms with Crippen LogP contribution in [0.2, 0.25) is 10.0 Å². The summed E-state index contributed by atoms with van der Waals surface area (Å²) in [6.07, 6.45) is -1.24. The number of aromatic nitrogens is 2. The number of nitrogens with zero attached hydrogens (tertiary/aromatic N) is 2. The van der Waals surface area contributed by atoms with Crippen molar-refractivity contribution in [3.8, 4) is 5.75 Å². The Labute approximate surface area is 386 Å². The van der Waals surface area contributed by atoms with Crippen molar-refractivity contribution in [1.82, 2.24) is 19.8 Å². The van der Waals surface area contributed by atoms with Crippen LogP contribution in [0.4, 0.5) is 26.3 Å². The highest BCUT2D eigenvalue weighted by molar-refractivity contribution is 6.46. The molecule has 8 rings (SSSR count). The fourth-order valence-corrected chi connectivity index (χ4v) is 9.21. The number of aryl methyl sites for hydroxylation is 1. The molecule has 2 fully saturated rings. The third-order valence-electron chi connectivity index (χ3n) is 12.1. The zero-order valence-corrected chi connectivity index (χ0v) is 37.2. The number of benzene rings is 4. The first kappa shape index (κ1) is 48.1. The minimum Gasteiger partial charge on any atom is -0.508 e. The van der Waals surface area contributed by atoms with Gasteiger partial charge in [-0.2, -0.15) is 26.3 Å². The Bertz CT molecular complexity index is 2580. The fraction of sp³-hybridized carbons (Fsp3) is 0.347. The fourth-order valence-electron chi connectivity index (χ4n) is 8.96. The van der Waals surface area contributed by atoms with Gasteiger partial charge in [0.2, 0.25) is 0 Å². The van der Waals surface area contributed by atoms with E-state index in [1.165, 1.54) is 18.2 Å². The second-order valence-electron chi connectivity index (χ2n) is 16.9. The van der Waals surface area contributed by atoms with Crippen molar-refractivity contribution in [3.05, 3.63) is 134 Å². The van der Waals surface area contributed by atoms with Crippen LogP contribution in [0.1, 0.15) is 113 Å². The first-order valence-corrected chi connectivity index (χ1v) is 22.4. The summed E-state index contributed by atoms with van der Waals surface area (Å²) in [5.41, 5.74) is -1.53. The lowest BCUT2D eigenvalue weighted by Gasteiger charge is -2.22. The van der Waals surface area contributed by atoms with Gasteiger partial charge in [-0.05, 0) is 98.3 Å². The number of phenolic OH excluding ortho intramolecular Hbond substituents is 1. The molecule has 9 nitrogen and oxygen atoms in total. The molecular weight excluding hydrogens is 909 g/mol. The van der Waals surface area contributed by atoms with Gasteiger partial charge in [0.15, 0.2) is 0 Å². The third kappa shape index (κ3) is 10.9. The van der Waals surface area contributed by atoms with E-state index in [-0.39, 0.29) is 52.7 Å². The van der Waals surface area contributed by atoms with Crippen LogP contribution in [0.5, 0.6) is 5.75 Å².